The molecule has 0 spiro atoms. The van der Waals surface area contributed by atoms with E-state index in [1.807, 2.05) is 6.07 Å². The fourth-order valence-electron chi connectivity index (χ4n) is 2.10. The molecule has 2 heteroatoms. The summed E-state index contributed by atoms with van der Waals surface area (Å²) in [5, 5.41) is 0. The smallest absolute Gasteiger partial charge is 0.119 e. The summed E-state index contributed by atoms with van der Waals surface area (Å²) in [6, 6.07) is 14.9. The maximum atomic E-state index is 5.70. The lowest BCUT2D eigenvalue weighted by Gasteiger charge is -2.14. The highest BCUT2D eigenvalue weighted by Crippen LogP contribution is 2.33. The molecule has 0 aliphatic rings. The van der Waals surface area contributed by atoms with E-state index in [4.69, 9.17) is 4.74 Å². The Morgan fingerprint density at radius 1 is 1.00 bits per heavy atom. The Labute approximate surface area is 130 Å². The first kappa shape index (κ1) is 15.1. The molecular weight excluding hydrogens is 312 g/mol. The minimum absolute atomic E-state index is 0.201. The highest BCUT2D eigenvalue weighted by Gasteiger charge is 2.11. The van der Waals surface area contributed by atoms with Crippen molar-refractivity contribution < 1.29 is 4.74 Å². The van der Waals surface area contributed by atoms with Gasteiger partial charge in [-0.15, -0.1) is 0 Å². The molecule has 0 N–H and O–H groups in total. The van der Waals surface area contributed by atoms with E-state index in [-0.39, 0.29) is 4.83 Å². The first-order chi connectivity index (χ1) is 9.61. The molecule has 0 saturated heterocycles. The quantitative estimate of drug-likeness (QED) is 0.649. The van der Waals surface area contributed by atoms with E-state index in [1.165, 1.54) is 22.3 Å². The molecule has 1 nitrogen and oxygen atoms in total. The predicted octanol–water partition coefficient (Wildman–Crippen LogP) is 5.58. The highest BCUT2D eigenvalue weighted by atomic mass is 79.9. The highest BCUT2D eigenvalue weighted by molar-refractivity contribution is 9.09. The van der Waals surface area contributed by atoms with Gasteiger partial charge < -0.3 is 4.74 Å². The molecule has 0 radical (unpaired) electrons. The Hall–Kier alpha value is -1.28. The number of hydrogen-bond acceptors (Lipinski definition) is 1. The van der Waals surface area contributed by atoms with Crippen LogP contribution in [0.25, 0.3) is 0 Å². The third-order valence-corrected chi connectivity index (χ3v) is 4.50. The van der Waals surface area contributed by atoms with Crippen LogP contribution in [0.15, 0.2) is 42.5 Å². The molecule has 2 rings (SSSR count). The largest absolute Gasteiger partial charge is 0.494 e. The molecule has 0 aliphatic heterocycles. The van der Waals surface area contributed by atoms with Crippen molar-refractivity contribution in [2.24, 2.45) is 0 Å². The molecule has 0 aliphatic carbocycles. The van der Waals surface area contributed by atoms with Gasteiger partial charge in [0.25, 0.3) is 0 Å². The lowest BCUT2D eigenvalue weighted by atomic mass is 10.0. The van der Waals surface area contributed by atoms with Crippen LogP contribution in [-0.4, -0.2) is 6.61 Å². The predicted molar refractivity (Wildman–Crippen MR) is 88.9 cm³/mol. The van der Waals surface area contributed by atoms with Crippen LogP contribution >= 0.6 is 15.9 Å². The first-order valence-electron chi connectivity index (χ1n) is 7.05. The number of aryl methyl sites for hydroxylation is 2. The molecule has 20 heavy (non-hydrogen) atoms. The van der Waals surface area contributed by atoms with Crippen LogP contribution in [-0.2, 0) is 0 Å². The van der Waals surface area contributed by atoms with E-state index in [2.05, 4.69) is 73.1 Å². The maximum Gasteiger partial charge on any atom is 0.119 e. The fraction of sp³-hybridized carbons (Fsp3) is 0.333. The van der Waals surface area contributed by atoms with Crippen LogP contribution in [0.2, 0.25) is 0 Å². The van der Waals surface area contributed by atoms with Gasteiger partial charge in [0, 0.05) is 0 Å². The number of alkyl halides is 1. The molecule has 1 unspecified atom stereocenters. The molecule has 1 atom stereocenters. The van der Waals surface area contributed by atoms with Crippen LogP contribution in [0.5, 0.6) is 5.75 Å². The summed E-state index contributed by atoms with van der Waals surface area (Å²) in [7, 11) is 0. The van der Waals surface area contributed by atoms with E-state index >= 15 is 0 Å². The SMILES string of the molecule is CCCOc1cccc(C(Br)c2ccc(C)c(C)c2)c1. The van der Waals surface area contributed by atoms with Crippen molar-refractivity contribution in [2.75, 3.05) is 6.61 Å². The van der Waals surface area contributed by atoms with Crippen molar-refractivity contribution in [3.05, 3.63) is 64.7 Å². The number of benzene rings is 2. The average molecular weight is 333 g/mol. The summed E-state index contributed by atoms with van der Waals surface area (Å²) >= 11 is 3.80. The minimum Gasteiger partial charge on any atom is -0.494 e. The topological polar surface area (TPSA) is 9.23 Å². The lowest BCUT2D eigenvalue weighted by molar-refractivity contribution is 0.317. The normalized spacial score (nSPS) is 12.2. The Morgan fingerprint density at radius 3 is 2.45 bits per heavy atom. The molecule has 0 saturated carbocycles. The van der Waals surface area contributed by atoms with E-state index in [0.29, 0.717) is 0 Å². The van der Waals surface area contributed by atoms with Gasteiger partial charge in [-0.3, -0.25) is 0 Å². The Balaban J connectivity index is 2.23. The Bertz CT molecular complexity index is 577. The molecule has 2 aromatic carbocycles. The van der Waals surface area contributed by atoms with Crippen molar-refractivity contribution in [3.63, 3.8) is 0 Å². The van der Waals surface area contributed by atoms with Crippen LogP contribution in [0.4, 0.5) is 0 Å². The van der Waals surface area contributed by atoms with Crippen LogP contribution in [0.1, 0.15) is 40.4 Å². The molecular formula is C18H21BrO. The molecule has 0 bridgehead atoms. The van der Waals surface area contributed by atoms with Crippen LogP contribution in [0, 0.1) is 13.8 Å². The zero-order chi connectivity index (χ0) is 14.5. The Morgan fingerprint density at radius 2 is 1.75 bits per heavy atom. The van der Waals surface area contributed by atoms with Crippen molar-refractivity contribution in [3.8, 4) is 5.75 Å². The molecule has 0 amide bonds. The van der Waals surface area contributed by atoms with Crippen molar-refractivity contribution in [1.82, 2.24) is 0 Å². The molecule has 0 heterocycles. The monoisotopic (exact) mass is 332 g/mol. The maximum absolute atomic E-state index is 5.70. The average Bonchev–Trinajstić information content (AvgIpc) is 2.47. The van der Waals surface area contributed by atoms with Gasteiger partial charge in [0.05, 0.1) is 11.4 Å². The standard InChI is InChI=1S/C18H21BrO/c1-4-10-20-17-7-5-6-15(12-17)18(19)16-9-8-13(2)14(3)11-16/h5-9,11-12,18H,4,10H2,1-3H3. The second-order valence-electron chi connectivity index (χ2n) is 5.13. The van der Waals surface area contributed by atoms with E-state index in [1.54, 1.807) is 0 Å². The summed E-state index contributed by atoms with van der Waals surface area (Å²) in [6.45, 7) is 7.17. The van der Waals surface area contributed by atoms with Crippen molar-refractivity contribution >= 4 is 15.9 Å². The van der Waals surface area contributed by atoms with Gasteiger partial charge in [-0.1, -0.05) is 53.2 Å². The Kier molecular flexibility index (Phi) is 5.24. The zero-order valence-corrected chi connectivity index (χ0v) is 13.9. The van der Waals surface area contributed by atoms with E-state index < -0.39 is 0 Å². The second-order valence-corrected chi connectivity index (χ2v) is 6.04. The molecule has 0 fully saturated rings. The summed E-state index contributed by atoms with van der Waals surface area (Å²) in [5.74, 6) is 0.942. The number of rotatable bonds is 5. The number of halogens is 1. The molecule has 2 aromatic rings. The summed E-state index contributed by atoms with van der Waals surface area (Å²) in [4.78, 5) is 0.201. The summed E-state index contributed by atoms with van der Waals surface area (Å²) < 4.78 is 5.70. The third kappa shape index (κ3) is 3.63. The van der Waals surface area contributed by atoms with Gasteiger partial charge in [-0.25, -0.2) is 0 Å². The zero-order valence-electron chi connectivity index (χ0n) is 12.3. The fourth-order valence-corrected chi connectivity index (χ4v) is 2.67. The lowest BCUT2D eigenvalue weighted by Crippen LogP contribution is -1.98. The number of ether oxygens (including phenoxy) is 1. The van der Waals surface area contributed by atoms with Crippen LogP contribution in [0.3, 0.4) is 0 Å². The van der Waals surface area contributed by atoms with E-state index in [0.717, 1.165) is 18.8 Å². The first-order valence-corrected chi connectivity index (χ1v) is 7.97. The summed E-state index contributed by atoms with van der Waals surface area (Å²) in [5.41, 5.74) is 5.15. The van der Waals surface area contributed by atoms with Gasteiger partial charge in [-0.05, 0) is 54.7 Å². The van der Waals surface area contributed by atoms with E-state index in [9.17, 15) is 0 Å². The van der Waals surface area contributed by atoms with Gasteiger partial charge in [0.1, 0.15) is 5.75 Å². The number of hydrogen-bond donors (Lipinski definition) is 0. The van der Waals surface area contributed by atoms with Gasteiger partial charge in [-0.2, -0.15) is 0 Å². The third-order valence-electron chi connectivity index (χ3n) is 3.45. The van der Waals surface area contributed by atoms with Gasteiger partial charge in [0.15, 0.2) is 0 Å². The van der Waals surface area contributed by atoms with Gasteiger partial charge in [0.2, 0.25) is 0 Å². The molecule has 106 valence electrons. The van der Waals surface area contributed by atoms with Crippen LogP contribution < -0.4 is 4.74 Å². The van der Waals surface area contributed by atoms with Crippen molar-refractivity contribution in [1.29, 1.82) is 0 Å². The van der Waals surface area contributed by atoms with Crippen molar-refractivity contribution in [2.45, 2.75) is 32.0 Å². The summed E-state index contributed by atoms with van der Waals surface area (Å²) in [6.07, 6.45) is 1.03. The van der Waals surface area contributed by atoms with Gasteiger partial charge >= 0.3 is 0 Å². The molecule has 0 aromatic heterocycles. The minimum atomic E-state index is 0.201. The second kappa shape index (κ2) is 6.94.